The van der Waals surface area contributed by atoms with Gasteiger partial charge in [-0.3, -0.25) is 0 Å². The summed E-state index contributed by atoms with van der Waals surface area (Å²) in [4.78, 5) is 4.32. The summed E-state index contributed by atoms with van der Waals surface area (Å²) in [5.74, 6) is 0.908. The third-order valence-electron chi connectivity index (χ3n) is 3.19. The smallest absolute Gasteiger partial charge is 0.152 e. The Kier molecular flexibility index (Phi) is 3.80. The lowest BCUT2D eigenvalue weighted by Gasteiger charge is -2.31. The van der Waals surface area contributed by atoms with Gasteiger partial charge in [0.1, 0.15) is 15.1 Å². The van der Waals surface area contributed by atoms with Crippen LogP contribution in [0.3, 0.4) is 0 Å². The Labute approximate surface area is 129 Å². The van der Waals surface area contributed by atoms with Crippen LogP contribution in [0.2, 0.25) is 4.34 Å². The molecule has 0 saturated heterocycles. The van der Waals surface area contributed by atoms with Gasteiger partial charge < -0.3 is 10.1 Å². The summed E-state index contributed by atoms with van der Waals surface area (Å²) < 4.78 is 7.80. The van der Waals surface area contributed by atoms with E-state index in [1.54, 1.807) is 6.20 Å². The van der Waals surface area contributed by atoms with E-state index in [0.717, 1.165) is 21.7 Å². The zero-order valence-corrected chi connectivity index (χ0v) is 13.3. The maximum absolute atomic E-state index is 6.05. The van der Waals surface area contributed by atoms with Crippen molar-refractivity contribution in [2.24, 2.45) is 0 Å². The monoisotopic (exact) mass is 358 g/mol. The van der Waals surface area contributed by atoms with Crippen LogP contribution < -0.4 is 10.1 Å². The molecule has 2 heterocycles. The maximum atomic E-state index is 6.05. The topological polar surface area (TPSA) is 34.2 Å². The first-order valence-electron chi connectivity index (χ1n) is 5.92. The minimum absolute atomic E-state index is 0.0383. The molecule has 2 unspecified atom stereocenters. The number of ether oxygens (including phenoxy) is 1. The third kappa shape index (κ3) is 2.65. The molecular formula is C13H12BrClN2OS. The van der Waals surface area contributed by atoms with E-state index in [1.165, 1.54) is 16.9 Å². The molecule has 0 aliphatic carbocycles. The van der Waals surface area contributed by atoms with Gasteiger partial charge in [0.15, 0.2) is 6.10 Å². The Balaban J connectivity index is 1.95. The molecule has 1 aliphatic rings. The van der Waals surface area contributed by atoms with Gasteiger partial charge in [-0.15, -0.1) is 11.3 Å². The van der Waals surface area contributed by atoms with Crippen LogP contribution in [0.4, 0.5) is 0 Å². The quantitative estimate of drug-likeness (QED) is 0.866. The highest BCUT2D eigenvalue weighted by Gasteiger charge is 2.30. The molecular weight excluding hydrogens is 348 g/mol. The number of halogens is 2. The van der Waals surface area contributed by atoms with Crippen LogP contribution in [-0.2, 0) is 0 Å². The predicted octanol–water partition coefficient (Wildman–Crippen LogP) is 4.34. The molecule has 0 spiro atoms. The Morgan fingerprint density at radius 2 is 2.37 bits per heavy atom. The SMILES string of the molecule is CNC1CC(c2ncc(Cl)s2)Oc2ccc(Br)cc21. The standard InChI is InChI=1S/C13H12BrClN2OS/c1-16-9-5-11(13-17-6-12(15)19-13)18-10-3-2-7(14)4-8(9)10/h2-4,6,9,11,16H,5H2,1H3. The number of aromatic nitrogens is 1. The van der Waals surface area contributed by atoms with Gasteiger partial charge in [-0.2, -0.15) is 0 Å². The van der Waals surface area contributed by atoms with Gasteiger partial charge >= 0.3 is 0 Å². The van der Waals surface area contributed by atoms with Crippen molar-refractivity contribution in [3.63, 3.8) is 0 Å². The van der Waals surface area contributed by atoms with Crippen LogP contribution in [0.15, 0.2) is 28.9 Å². The molecule has 0 radical (unpaired) electrons. The van der Waals surface area contributed by atoms with Crippen molar-refractivity contribution in [3.8, 4) is 5.75 Å². The van der Waals surface area contributed by atoms with Crippen molar-refractivity contribution in [2.45, 2.75) is 18.6 Å². The van der Waals surface area contributed by atoms with E-state index in [1.807, 2.05) is 19.2 Å². The summed E-state index contributed by atoms with van der Waals surface area (Å²) in [6.07, 6.45) is 2.49. The average molecular weight is 360 g/mol. The van der Waals surface area contributed by atoms with Crippen LogP contribution in [0, 0.1) is 0 Å². The van der Waals surface area contributed by atoms with Crippen LogP contribution >= 0.6 is 38.9 Å². The number of nitrogens with one attached hydrogen (secondary N) is 1. The average Bonchev–Trinajstić information content (AvgIpc) is 2.84. The largest absolute Gasteiger partial charge is 0.483 e. The second-order valence-electron chi connectivity index (χ2n) is 4.37. The molecule has 3 nitrogen and oxygen atoms in total. The van der Waals surface area contributed by atoms with Crippen molar-refractivity contribution < 1.29 is 4.74 Å². The van der Waals surface area contributed by atoms with Gasteiger partial charge in [0.25, 0.3) is 0 Å². The number of benzene rings is 1. The summed E-state index contributed by atoms with van der Waals surface area (Å²) in [7, 11) is 1.96. The first-order chi connectivity index (χ1) is 9.17. The van der Waals surface area contributed by atoms with Crippen molar-refractivity contribution in [2.75, 3.05) is 7.05 Å². The Morgan fingerprint density at radius 3 is 3.05 bits per heavy atom. The molecule has 100 valence electrons. The first-order valence-corrected chi connectivity index (χ1v) is 7.90. The van der Waals surface area contributed by atoms with Gasteiger partial charge in [-0.25, -0.2) is 4.98 Å². The molecule has 1 N–H and O–H groups in total. The summed E-state index contributed by atoms with van der Waals surface area (Å²) in [5, 5.41) is 4.27. The molecule has 0 saturated carbocycles. The molecule has 1 aromatic carbocycles. The molecule has 3 rings (SSSR count). The number of nitrogens with zero attached hydrogens (tertiary/aromatic N) is 1. The fraction of sp³-hybridized carbons (Fsp3) is 0.308. The Bertz CT molecular complexity index is 604. The highest BCUT2D eigenvalue weighted by molar-refractivity contribution is 9.10. The molecule has 0 amide bonds. The zero-order valence-electron chi connectivity index (χ0n) is 10.2. The van der Waals surface area contributed by atoms with Crippen LogP contribution in [0.25, 0.3) is 0 Å². The molecule has 0 bridgehead atoms. The number of fused-ring (bicyclic) bond motifs is 1. The number of hydrogen-bond acceptors (Lipinski definition) is 4. The van der Waals surface area contributed by atoms with Crippen molar-refractivity contribution in [1.82, 2.24) is 10.3 Å². The van der Waals surface area contributed by atoms with Gasteiger partial charge in [0, 0.05) is 22.5 Å². The van der Waals surface area contributed by atoms with Crippen molar-refractivity contribution in [3.05, 3.63) is 43.8 Å². The van der Waals surface area contributed by atoms with Gasteiger partial charge in [0.2, 0.25) is 0 Å². The van der Waals surface area contributed by atoms with E-state index < -0.39 is 0 Å². The second kappa shape index (κ2) is 5.40. The number of rotatable bonds is 2. The summed E-state index contributed by atoms with van der Waals surface area (Å²) in [5.41, 5.74) is 1.18. The van der Waals surface area contributed by atoms with E-state index in [9.17, 15) is 0 Å². The lowest BCUT2D eigenvalue weighted by atomic mass is 9.97. The maximum Gasteiger partial charge on any atom is 0.152 e. The van der Waals surface area contributed by atoms with Crippen LogP contribution in [0.1, 0.15) is 29.1 Å². The molecule has 6 heteroatoms. The first kappa shape index (κ1) is 13.4. The summed E-state index contributed by atoms with van der Waals surface area (Å²) in [6.45, 7) is 0. The van der Waals surface area contributed by atoms with Crippen LogP contribution in [-0.4, -0.2) is 12.0 Å². The second-order valence-corrected chi connectivity index (χ2v) is 6.98. The molecule has 0 fully saturated rings. The van der Waals surface area contributed by atoms with E-state index in [0.29, 0.717) is 4.34 Å². The van der Waals surface area contributed by atoms with E-state index >= 15 is 0 Å². The summed E-state index contributed by atoms with van der Waals surface area (Å²) in [6, 6.07) is 6.34. The Morgan fingerprint density at radius 1 is 1.53 bits per heavy atom. The fourth-order valence-electron chi connectivity index (χ4n) is 2.28. The van der Waals surface area contributed by atoms with E-state index in [2.05, 4.69) is 32.3 Å². The molecule has 1 aromatic heterocycles. The zero-order chi connectivity index (χ0) is 13.4. The molecule has 2 aromatic rings. The Hall–Kier alpha value is -0.620. The minimum Gasteiger partial charge on any atom is -0.483 e. The highest BCUT2D eigenvalue weighted by Crippen LogP contribution is 2.42. The minimum atomic E-state index is -0.0383. The number of thiazole rings is 1. The van der Waals surface area contributed by atoms with E-state index in [-0.39, 0.29) is 12.1 Å². The molecule has 1 aliphatic heterocycles. The van der Waals surface area contributed by atoms with Crippen molar-refractivity contribution in [1.29, 1.82) is 0 Å². The van der Waals surface area contributed by atoms with Gasteiger partial charge in [0.05, 0.1) is 6.20 Å². The molecule has 2 atom stereocenters. The lowest BCUT2D eigenvalue weighted by molar-refractivity contribution is 0.153. The predicted molar refractivity (Wildman–Crippen MR) is 81.1 cm³/mol. The molecule has 19 heavy (non-hydrogen) atoms. The number of hydrogen-bond donors (Lipinski definition) is 1. The van der Waals surface area contributed by atoms with Gasteiger partial charge in [-0.05, 0) is 25.2 Å². The third-order valence-corrected chi connectivity index (χ3v) is 4.89. The fourth-order valence-corrected chi connectivity index (χ4v) is 3.63. The van der Waals surface area contributed by atoms with Crippen LogP contribution in [0.5, 0.6) is 5.75 Å². The highest BCUT2D eigenvalue weighted by atomic mass is 79.9. The van der Waals surface area contributed by atoms with Gasteiger partial charge in [-0.1, -0.05) is 27.5 Å². The normalized spacial score (nSPS) is 21.8. The van der Waals surface area contributed by atoms with Crippen molar-refractivity contribution >= 4 is 38.9 Å². The lowest BCUT2D eigenvalue weighted by Crippen LogP contribution is -2.26. The van der Waals surface area contributed by atoms with E-state index in [4.69, 9.17) is 16.3 Å². The summed E-state index contributed by atoms with van der Waals surface area (Å²) >= 11 is 10.9.